The summed E-state index contributed by atoms with van der Waals surface area (Å²) in [4.78, 5) is 42.5. The summed E-state index contributed by atoms with van der Waals surface area (Å²) in [5.41, 5.74) is 6.53. The molecule has 3 heterocycles. The lowest BCUT2D eigenvalue weighted by molar-refractivity contribution is -0.149. The molecule has 0 radical (unpaired) electrons. The Bertz CT molecular complexity index is 2430. The average molecular weight is 847 g/mol. The van der Waals surface area contributed by atoms with Gasteiger partial charge < -0.3 is 34.3 Å². The third-order valence-corrected chi connectivity index (χ3v) is 11.9. The minimum Gasteiger partial charge on any atom is -0.489 e. The molecule has 0 aromatic heterocycles. The zero-order valence-electron chi connectivity index (χ0n) is 32.4. The molecule has 1 fully saturated rings. The van der Waals surface area contributed by atoms with E-state index in [9.17, 15) is 19.5 Å². The Labute approximate surface area is 357 Å². The standard InChI is InChI=1S/C47H41Cl2N3O8/c48-38-14-5-30(19-39(38)49)26-58-37-12-10-33(11-13-37)44-27-59-42-22-35-21-41(52(25-36(35)23-43(42)60-44)46(54)34-15-17-57-18-16-34)45(53)51-40(47(55)56)20-28-1-6-31(7-2-28)32-8-3-29(24-50)4-9-32/h1-14,19,22-23,34,40-41,44H,15-18,20-21,25-27H2,(H,51,53)(H,55,56). The summed E-state index contributed by atoms with van der Waals surface area (Å²) in [6.07, 6.45) is 0.886. The number of nitrogens with zero attached hydrogens (tertiary/aromatic N) is 2. The number of hydrogen-bond acceptors (Lipinski definition) is 8. The number of benzene rings is 5. The van der Waals surface area contributed by atoms with E-state index in [1.54, 1.807) is 29.2 Å². The molecule has 306 valence electrons. The lowest BCUT2D eigenvalue weighted by Gasteiger charge is -2.39. The summed E-state index contributed by atoms with van der Waals surface area (Å²) >= 11 is 12.2. The first-order chi connectivity index (χ1) is 29.1. The molecule has 5 aromatic carbocycles. The van der Waals surface area contributed by atoms with Crippen LogP contribution in [-0.2, 0) is 45.1 Å². The topological polar surface area (TPSA) is 147 Å². The van der Waals surface area contributed by atoms with Gasteiger partial charge in [-0.3, -0.25) is 9.59 Å². The van der Waals surface area contributed by atoms with Gasteiger partial charge in [-0.25, -0.2) is 4.79 Å². The fourth-order valence-corrected chi connectivity index (χ4v) is 8.13. The number of amides is 2. The van der Waals surface area contributed by atoms with Crippen molar-refractivity contribution in [3.8, 4) is 34.4 Å². The number of hydrogen-bond donors (Lipinski definition) is 2. The molecule has 3 atom stereocenters. The van der Waals surface area contributed by atoms with Crippen LogP contribution in [0.5, 0.6) is 17.2 Å². The van der Waals surface area contributed by atoms with Crippen LogP contribution in [0.2, 0.25) is 10.0 Å². The van der Waals surface area contributed by atoms with Gasteiger partial charge in [-0.05, 0) is 100 Å². The molecule has 0 saturated carbocycles. The number of halogens is 2. The number of carbonyl (C=O) groups is 3. The first-order valence-electron chi connectivity index (χ1n) is 19.7. The fourth-order valence-electron chi connectivity index (χ4n) is 7.81. The maximum Gasteiger partial charge on any atom is 0.326 e. The van der Waals surface area contributed by atoms with Gasteiger partial charge in [0.1, 0.15) is 31.0 Å². The van der Waals surface area contributed by atoms with Crippen LogP contribution in [0.15, 0.2) is 103 Å². The van der Waals surface area contributed by atoms with E-state index in [-0.39, 0.29) is 37.8 Å². The summed E-state index contributed by atoms with van der Waals surface area (Å²) in [5, 5.41) is 23.1. The molecule has 2 amide bonds. The van der Waals surface area contributed by atoms with Gasteiger partial charge >= 0.3 is 5.97 Å². The van der Waals surface area contributed by atoms with Crippen LogP contribution in [0.3, 0.4) is 0 Å². The van der Waals surface area contributed by atoms with Crippen molar-refractivity contribution >= 4 is 41.0 Å². The highest BCUT2D eigenvalue weighted by Crippen LogP contribution is 2.41. The van der Waals surface area contributed by atoms with Crippen LogP contribution in [0.1, 0.15) is 52.3 Å². The zero-order valence-corrected chi connectivity index (χ0v) is 34.0. The van der Waals surface area contributed by atoms with Crippen molar-refractivity contribution in [3.05, 3.63) is 147 Å². The minimum absolute atomic E-state index is 0.0419. The van der Waals surface area contributed by atoms with Crippen LogP contribution >= 0.6 is 23.2 Å². The second kappa shape index (κ2) is 18.1. The normalized spacial score (nSPS) is 17.8. The average Bonchev–Trinajstić information content (AvgIpc) is 3.28. The van der Waals surface area contributed by atoms with Gasteiger partial charge in [-0.15, -0.1) is 0 Å². The number of nitrogens with one attached hydrogen (secondary N) is 1. The smallest absolute Gasteiger partial charge is 0.326 e. The van der Waals surface area contributed by atoms with Gasteiger partial charge in [-0.1, -0.05) is 77.8 Å². The van der Waals surface area contributed by atoms with Crippen molar-refractivity contribution in [1.29, 1.82) is 5.26 Å². The van der Waals surface area contributed by atoms with Gasteiger partial charge in [0, 0.05) is 38.5 Å². The summed E-state index contributed by atoms with van der Waals surface area (Å²) in [5.74, 6) is -0.472. The maximum atomic E-state index is 14.2. The van der Waals surface area contributed by atoms with Crippen LogP contribution < -0.4 is 19.5 Å². The van der Waals surface area contributed by atoms with E-state index in [4.69, 9.17) is 47.4 Å². The second-order valence-electron chi connectivity index (χ2n) is 15.2. The number of carboxylic acids is 1. The predicted molar refractivity (Wildman–Crippen MR) is 224 cm³/mol. The Morgan fingerprint density at radius 1 is 0.850 bits per heavy atom. The van der Waals surface area contributed by atoms with Gasteiger partial charge in [-0.2, -0.15) is 5.26 Å². The molecule has 3 unspecified atom stereocenters. The molecular weight excluding hydrogens is 805 g/mol. The maximum absolute atomic E-state index is 14.2. The Morgan fingerprint density at radius 2 is 1.53 bits per heavy atom. The molecule has 8 rings (SSSR count). The Morgan fingerprint density at radius 3 is 2.22 bits per heavy atom. The van der Waals surface area contributed by atoms with Crippen LogP contribution in [0.25, 0.3) is 11.1 Å². The van der Waals surface area contributed by atoms with Gasteiger partial charge in [0.05, 0.1) is 21.7 Å². The van der Waals surface area contributed by atoms with Crippen LogP contribution in [0.4, 0.5) is 0 Å². The molecular formula is C47H41Cl2N3O8. The molecule has 2 N–H and O–H groups in total. The summed E-state index contributed by atoms with van der Waals surface area (Å²) < 4.78 is 24.2. The molecule has 13 heteroatoms. The number of carboxylic acid groups (broad SMARTS) is 1. The molecule has 60 heavy (non-hydrogen) atoms. The summed E-state index contributed by atoms with van der Waals surface area (Å²) in [7, 11) is 0. The number of ether oxygens (including phenoxy) is 4. The molecule has 11 nitrogen and oxygen atoms in total. The number of nitriles is 1. The molecule has 0 spiro atoms. The van der Waals surface area contributed by atoms with E-state index in [2.05, 4.69) is 11.4 Å². The van der Waals surface area contributed by atoms with Crippen molar-refractivity contribution in [2.75, 3.05) is 19.8 Å². The molecule has 0 aliphatic carbocycles. The third-order valence-electron chi connectivity index (χ3n) is 11.2. The number of rotatable bonds is 11. The summed E-state index contributed by atoms with van der Waals surface area (Å²) in [6.45, 7) is 1.62. The lowest BCUT2D eigenvalue weighted by atomic mass is 9.89. The first kappa shape index (κ1) is 40.7. The molecule has 5 aromatic rings. The zero-order chi connectivity index (χ0) is 41.8. The third kappa shape index (κ3) is 9.21. The largest absolute Gasteiger partial charge is 0.489 e. The van der Waals surface area contributed by atoms with Gasteiger partial charge in [0.2, 0.25) is 11.8 Å². The van der Waals surface area contributed by atoms with Gasteiger partial charge in [0.25, 0.3) is 0 Å². The molecule has 3 aliphatic heterocycles. The minimum atomic E-state index is -1.24. The van der Waals surface area contributed by atoms with Crippen molar-refractivity contribution in [1.82, 2.24) is 10.2 Å². The predicted octanol–water partition coefficient (Wildman–Crippen LogP) is 8.12. The highest BCUT2D eigenvalue weighted by molar-refractivity contribution is 6.42. The lowest BCUT2D eigenvalue weighted by Crippen LogP contribution is -2.57. The molecule has 0 bridgehead atoms. The first-order valence-corrected chi connectivity index (χ1v) is 20.5. The van der Waals surface area contributed by atoms with Gasteiger partial charge in [0.15, 0.2) is 17.6 Å². The monoisotopic (exact) mass is 845 g/mol. The highest BCUT2D eigenvalue weighted by atomic mass is 35.5. The van der Waals surface area contributed by atoms with E-state index < -0.39 is 30.1 Å². The molecule has 3 aliphatic rings. The van der Waals surface area contributed by atoms with Crippen molar-refractivity contribution in [3.63, 3.8) is 0 Å². The number of aliphatic carboxylic acids is 1. The Kier molecular flexibility index (Phi) is 12.2. The Balaban J connectivity index is 0.965. The second-order valence-corrected chi connectivity index (χ2v) is 16.0. The SMILES string of the molecule is N#Cc1ccc(-c2ccc(CC(NC(=O)C3Cc4cc5c(cc4CN3C(=O)C3CCOCC3)OC(c3ccc(OCc4ccc(Cl)c(Cl)c4)cc3)CO5)C(=O)O)cc2)cc1. The van der Waals surface area contributed by atoms with Crippen LogP contribution in [-0.4, -0.2) is 59.7 Å². The quantitative estimate of drug-likeness (QED) is 0.135. The molecule has 1 saturated heterocycles. The van der Waals surface area contributed by atoms with E-state index in [0.717, 1.165) is 38.9 Å². The van der Waals surface area contributed by atoms with E-state index in [1.165, 1.54) is 0 Å². The van der Waals surface area contributed by atoms with E-state index in [0.29, 0.717) is 65.5 Å². The number of carbonyl (C=O) groups excluding carboxylic acids is 2. The summed E-state index contributed by atoms with van der Waals surface area (Å²) in [6, 6.07) is 31.2. The highest BCUT2D eigenvalue weighted by Gasteiger charge is 2.40. The van der Waals surface area contributed by atoms with Crippen molar-refractivity contribution < 1.29 is 38.4 Å². The van der Waals surface area contributed by atoms with Crippen molar-refractivity contribution in [2.45, 2.75) is 57.0 Å². The number of fused-ring (bicyclic) bond motifs is 2. The van der Waals surface area contributed by atoms with E-state index >= 15 is 0 Å². The van der Waals surface area contributed by atoms with Crippen LogP contribution in [0, 0.1) is 17.2 Å². The van der Waals surface area contributed by atoms with Crippen molar-refractivity contribution in [2.24, 2.45) is 5.92 Å². The fraction of sp³-hybridized carbons (Fsp3) is 0.277. The Hall–Kier alpha value is -6.06. The van der Waals surface area contributed by atoms with E-state index in [1.807, 2.05) is 78.9 Å².